The van der Waals surface area contributed by atoms with E-state index in [0.29, 0.717) is 17.6 Å². The minimum Gasteiger partial charge on any atom is -0.476 e. The number of nitrogens with zero attached hydrogens (tertiary/aromatic N) is 4. The van der Waals surface area contributed by atoms with Crippen LogP contribution in [0.3, 0.4) is 0 Å². The number of nitrogens with one attached hydrogen (secondary N) is 3. The maximum Gasteiger partial charge on any atom is 0.434 e. The normalized spacial score (nSPS) is 11.0. The number of ether oxygens (including phenoxy) is 1. The minimum atomic E-state index is -4.66. The Hall–Kier alpha value is -4.01. The topological polar surface area (TPSA) is 151 Å². The van der Waals surface area contributed by atoms with Crippen LogP contribution in [0.4, 0.5) is 34.5 Å². The summed E-state index contributed by atoms with van der Waals surface area (Å²) in [4.78, 5) is 34.2. The lowest BCUT2D eigenvalue weighted by molar-refractivity contribution is -0.141. The summed E-state index contributed by atoms with van der Waals surface area (Å²) in [7, 11) is 0. The van der Waals surface area contributed by atoms with E-state index in [0.717, 1.165) is 17.7 Å². The van der Waals surface area contributed by atoms with Crippen LogP contribution in [0.2, 0.25) is 0 Å². The van der Waals surface area contributed by atoms with Gasteiger partial charge in [-0.2, -0.15) is 17.5 Å². The van der Waals surface area contributed by atoms with Crippen LogP contribution in [0.15, 0.2) is 30.7 Å². The molecule has 0 aliphatic rings. The van der Waals surface area contributed by atoms with Crippen molar-refractivity contribution in [3.8, 4) is 5.88 Å². The van der Waals surface area contributed by atoms with E-state index in [1.807, 2.05) is 0 Å². The Labute approximate surface area is 188 Å². The first-order chi connectivity index (χ1) is 15.6. The van der Waals surface area contributed by atoms with Crippen LogP contribution in [0, 0.1) is 6.92 Å². The fourth-order valence-corrected chi connectivity index (χ4v) is 3.25. The summed E-state index contributed by atoms with van der Waals surface area (Å²) in [6.07, 6.45) is -2.81. The van der Waals surface area contributed by atoms with E-state index < -0.39 is 23.9 Å². The van der Waals surface area contributed by atoms with Crippen LogP contribution in [0.1, 0.15) is 21.7 Å². The van der Waals surface area contributed by atoms with Crippen molar-refractivity contribution in [2.45, 2.75) is 13.1 Å². The first-order valence-electron chi connectivity index (χ1n) is 9.13. The maximum atomic E-state index is 12.9. The maximum absolute atomic E-state index is 12.9. The summed E-state index contributed by atoms with van der Waals surface area (Å²) >= 11 is 0.885. The Morgan fingerprint density at radius 3 is 2.67 bits per heavy atom. The highest BCUT2D eigenvalue weighted by Gasteiger charge is 2.33. The summed E-state index contributed by atoms with van der Waals surface area (Å²) in [5.41, 5.74) is -0.364. The molecule has 0 aliphatic carbocycles. The third-order valence-electron chi connectivity index (χ3n) is 3.88. The molecule has 3 rings (SSSR count). The summed E-state index contributed by atoms with van der Waals surface area (Å²) in [5, 5.41) is 16.1. The van der Waals surface area contributed by atoms with E-state index in [2.05, 4.69) is 35.3 Å². The van der Waals surface area contributed by atoms with Gasteiger partial charge in [0.1, 0.15) is 17.4 Å². The van der Waals surface area contributed by atoms with Crippen LogP contribution >= 0.6 is 11.5 Å². The molecule has 0 fully saturated rings. The highest BCUT2D eigenvalue weighted by molar-refractivity contribution is 7.10. The summed E-state index contributed by atoms with van der Waals surface area (Å²) < 4.78 is 47.9. The van der Waals surface area contributed by atoms with Gasteiger partial charge in [0.15, 0.2) is 5.69 Å². The van der Waals surface area contributed by atoms with Gasteiger partial charge in [-0.05, 0) is 24.5 Å². The standard InChI is InChI=1S/C18H16F3N7O4S/c1-9-14(16(33-28-9)27-12-8-22-7-11(26-12)18(19,20)21)15(29)25-10-2-3-13(24-6-10)32-5-4-23-17(30)31/h2-3,6-8,23H,4-5H2,1H3,(H,25,29)(H,26,27)(H,30,31). The van der Waals surface area contributed by atoms with Gasteiger partial charge < -0.3 is 25.8 Å². The molecule has 3 aromatic heterocycles. The molecule has 4 N–H and O–H groups in total. The molecule has 0 atom stereocenters. The van der Waals surface area contributed by atoms with Crippen molar-refractivity contribution in [1.82, 2.24) is 24.6 Å². The largest absolute Gasteiger partial charge is 0.476 e. The number of aromatic nitrogens is 4. The number of alkyl halides is 3. The SMILES string of the molecule is Cc1nsc(Nc2cncc(C(F)(F)F)n2)c1C(=O)Nc1ccc(OCCNC(=O)O)nc1. The van der Waals surface area contributed by atoms with Gasteiger partial charge >= 0.3 is 12.3 Å². The fourth-order valence-electron chi connectivity index (χ4n) is 2.45. The first-order valence-corrected chi connectivity index (χ1v) is 9.90. The number of carboxylic acid groups (broad SMARTS) is 1. The van der Waals surface area contributed by atoms with Crippen LogP contribution < -0.4 is 20.7 Å². The number of halogens is 3. The molecule has 33 heavy (non-hydrogen) atoms. The third kappa shape index (κ3) is 6.49. The van der Waals surface area contributed by atoms with Gasteiger partial charge in [-0.3, -0.25) is 9.78 Å². The molecule has 3 aromatic rings. The van der Waals surface area contributed by atoms with Crippen LogP contribution in [-0.4, -0.2) is 49.6 Å². The van der Waals surface area contributed by atoms with Crippen molar-refractivity contribution in [3.63, 3.8) is 0 Å². The van der Waals surface area contributed by atoms with Gasteiger partial charge in [-0.15, -0.1) is 0 Å². The molecule has 0 unspecified atom stereocenters. The number of carbonyl (C=O) groups excluding carboxylic acids is 1. The second kappa shape index (κ2) is 10.1. The van der Waals surface area contributed by atoms with E-state index in [4.69, 9.17) is 9.84 Å². The number of hydrogen-bond donors (Lipinski definition) is 4. The van der Waals surface area contributed by atoms with Gasteiger partial charge in [0, 0.05) is 6.07 Å². The lowest BCUT2D eigenvalue weighted by Gasteiger charge is -2.10. The van der Waals surface area contributed by atoms with E-state index in [-0.39, 0.29) is 35.4 Å². The molecule has 0 aromatic carbocycles. The summed E-state index contributed by atoms with van der Waals surface area (Å²) in [6, 6.07) is 3.00. The van der Waals surface area contributed by atoms with Crippen LogP contribution in [-0.2, 0) is 6.18 Å². The first kappa shape index (κ1) is 23.6. The Balaban J connectivity index is 1.67. The van der Waals surface area contributed by atoms with Gasteiger partial charge in [0.05, 0.1) is 42.1 Å². The Bertz CT molecular complexity index is 1140. The van der Waals surface area contributed by atoms with E-state index >= 15 is 0 Å². The second-order valence-corrected chi connectivity index (χ2v) is 7.08. The lowest BCUT2D eigenvalue weighted by Crippen LogP contribution is -2.26. The average molecular weight is 483 g/mol. The molecular formula is C18H16F3N7O4S. The van der Waals surface area contributed by atoms with Gasteiger partial charge in [-0.1, -0.05) is 0 Å². The highest BCUT2D eigenvalue weighted by atomic mass is 32.1. The van der Waals surface area contributed by atoms with Crippen LogP contribution in [0.25, 0.3) is 0 Å². The smallest absolute Gasteiger partial charge is 0.434 e. The Morgan fingerprint density at radius 1 is 1.21 bits per heavy atom. The highest BCUT2D eigenvalue weighted by Crippen LogP contribution is 2.31. The zero-order valence-corrected chi connectivity index (χ0v) is 17.6. The molecule has 0 saturated carbocycles. The molecule has 0 aliphatic heterocycles. The van der Waals surface area contributed by atoms with Gasteiger partial charge in [0.25, 0.3) is 5.91 Å². The molecule has 0 bridgehead atoms. The molecule has 15 heteroatoms. The molecule has 0 spiro atoms. The zero-order valence-electron chi connectivity index (χ0n) is 16.8. The monoisotopic (exact) mass is 483 g/mol. The predicted molar refractivity (Wildman–Crippen MR) is 111 cm³/mol. The van der Waals surface area contributed by atoms with Crippen molar-refractivity contribution in [1.29, 1.82) is 0 Å². The van der Waals surface area contributed by atoms with E-state index in [1.165, 1.54) is 18.3 Å². The zero-order chi connectivity index (χ0) is 24.0. The number of aryl methyl sites for hydroxylation is 1. The molecule has 0 saturated heterocycles. The number of amides is 2. The van der Waals surface area contributed by atoms with Crippen molar-refractivity contribution in [2.75, 3.05) is 23.8 Å². The van der Waals surface area contributed by atoms with Gasteiger partial charge in [-0.25, -0.2) is 14.8 Å². The Kier molecular flexibility index (Phi) is 7.22. The number of carbonyl (C=O) groups is 2. The summed E-state index contributed by atoms with van der Waals surface area (Å²) in [5.74, 6) is -0.535. The number of hydrogen-bond acceptors (Lipinski definition) is 9. The minimum absolute atomic E-state index is 0.0677. The lowest BCUT2D eigenvalue weighted by atomic mass is 10.2. The molecule has 0 radical (unpaired) electrons. The average Bonchev–Trinajstić information content (AvgIpc) is 3.12. The van der Waals surface area contributed by atoms with Crippen molar-refractivity contribution in [3.05, 3.63) is 47.7 Å². The second-order valence-electron chi connectivity index (χ2n) is 6.30. The van der Waals surface area contributed by atoms with Crippen molar-refractivity contribution >= 4 is 40.0 Å². The van der Waals surface area contributed by atoms with Crippen molar-refractivity contribution < 1.29 is 32.6 Å². The third-order valence-corrected chi connectivity index (χ3v) is 4.73. The predicted octanol–water partition coefficient (Wildman–Crippen LogP) is 3.30. The molecule has 11 nitrogen and oxygen atoms in total. The van der Waals surface area contributed by atoms with Gasteiger partial charge in [0.2, 0.25) is 5.88 Å². The number of rotatable bonds is 8. The summed E-state index contributed by atoms with van der Waals surface area (Å²) in [6.45, 7) is 1.72. The van der Waals surface area contributed by atoms with E-state index in [1.54, 1.807) is 6.92 Å². The number of anilines is 3. The number of pyridine rings is 1. The quantitative estimate of drug-likeness (QED) is 0.354. The van der Waals surface area contributed by atoms with Crippen molar-refractivity contribution in [2.24, 2.45) is 0 Å². The fraction of sp³-hybridized carbons (Fsp3) is 0.222. The molecule has 174 valence electrons. The Morgan fingerprint density at radius 2 is 2.00 bits per heavy atom. The van der Waals surface area contributed by atoms with E-state index in [9.17, 15) is 22.8 Å². The molecular weight excluding hydrogens is 467 g/mol. The molecule has 2 amide bonds. The molecule has 3 heterocycles. The van der Waals surface area contributed by atoms with Crippen LogP contribution in [0.5, 0.6) is 5.88 Å².